The van der Waals surface area contributed by atoms with Crippen LogP contribution < -0.4 is 5.32 Å². The maximum Gasteiger partial charge on any atom is 0.353 e. The Morgan fingerprint density at radius 3 is 2.67 bits per heavy atom. The fourth-order valence-electron chi connectivity index (χ4n) is 4.65. The smallest absolute Gasteiger partial charge is 0.353 e. The maximum absolute atomic E-state index is 12.9. The zero-order chi connectivity index (χ0) is 22.9. The molecule has 5 rings (SSSR count). The van der Waals surface area contributed by atoms with Crippen molar-refractivity contribution in [3.05, 3.63) is 75.8 Å². The molecule has 8 heteroatoms. The number of thioether (sulfide) groups is 2. The van der Waals surface area contributed by atoms with Crippen molar-refractivity contribution in [1.82, 2.24) is 10.2 Å². The first-order valence-corrected chi connectivity index (χ1v) is 12.9. The summed E-state index contributed by atoms with van der Waals surface area (Å²) in [4.78, 5) is 40.7. The number of hydrogen-bond donors (Lipinski definition) is 2. The van der Waals surface area contributed by atoms with Crippen LogP contribution >= 0.6 is 23.5 Å². The lowest BCUT2D eigenvalue weighted by Crippen LogP contribution is -2.70. The lowest BCUT2D eigenvalue weighted by Gasteiger charge is -2.49. The summed E-state index contributed by atoms with van der Waals surface area (Å²) >= 11 is 2.98. The molecule has 1 fully saturated rings. The van der Waals surface area contributed by atoms with Gasteiger partial charge >= 0.3 is 5.97 Å². The average Bonchev–Trinajstić information content (AvgIpc) is 2.83. The normalized spacial score (nSPS) is 21.7. The summed E-state index contributed by atoms with van der Waals surface area (Å²) < 4.78 is 0. The van der Waals surface area contributed by atoms with Gasteiger partial charge in [-0.05, 0) is 48.4 Å². The molecule has 0 saturated carbocycles. The monoisotopic (exact) mass is 480 g/mol. The number of carbonyl (C=O) groups is 3. The Hall–Kier alpha value is -2.71. The van der Waals surface area contributed by atoms with Gasteiger partial charge in [0.2, 0.25) is 5.91 Å². The maximum atomic E-state index is 12.9. The molecule has 2 amide bonds. The van der Waals surface area contributed by atoms with Gasteiger partial charge in [0.25, 0.3) is 5.91 Å². The summed E-state index contributed by atoms with van der Waals surface area (Å²) in [7, 11) is 0. The molecule has 0 bridgehead atoms. The SMILES string of the molecule is O=C(Cc1ccccc1)N[C@@H]1C(=O)N2C(C(=O)O)=C(Sc3cccc4c3CCCC4)CS[C@@H]12. The minimum absolute atomic E-state index is 0.0516. The molecule has 0 unspecified atom stereocenters. The third-order valence-electron chi connectivity index (χ3n) is 6.25. The number of carbonyl (C=O) groups excluding carboxylic acids is 2. The van der Waals surface area contributed by atoms with Gasteiger partial charge in [0.05, 0.1) is 6.42 Å². The Bertz CT molecular complexity index is 1150. The van der Waals surface area contributed by atoms with Gasteiger partial charge in [-0.1, -0.05) is 54.2 Å². The second-order valence-corrected chi connectivity index (χ2v) is 10.6. The Labute approximate surface area is 200 Å². The molecule has 2 atom stereocenters. The Morgan fingerprint density at radius 2 is 1.88 bits per heavy atom. The van der Waals surface area contributed by atoms with E-state index in [1.165, 1.54) is 46.0 Å². The lowest BCUT2D eigenvalue weighted by molar-refractivity contribution is -0.150. The number of aryl methyl sites for hydroxylation is 1. The highest BCUT2D eigenvalue weighted by atomic mass is 32.2. The molecule has 2 aromatic rings. The Kier molecular flexibility index (Phi) is 6.21. The highest BCUT2D eigenvalue weighted by Crippen LogP contribution is 2.46. The lowest BCUT2D eigenvalue weighted by atomic mass is 9.92. The van der Waals surface area contributed by atoms with E-state index in [-0.39, 0.29) is 23.9 Å². The van der Waals surface area contributed by atoms with Crippen molar-refractivity contribution in [3.63, 3.8) is 0 Å². The second kappa shape index (κ2) is 9.27. The third kappa shape index (κ3) is 4.29. The van der Waals surface area contributed by atoms with Crippen LogP contribution in [0.2, 0.25) is 0 Å². The molecule has 6 nitrogen and oxygen atoms in total. The number of β-lactam (4-membered cyclic amide) rings is 1. The van der Waals surface area contributed by atoms with Crippen molar-refractivity contribution in [2.75, 3.05) is 5.75 Å². The number of amides is 2. The van der Waals surface area contributed by atoms with E-state index in [4.69, 9.17) is 0 Å². The van der Waals surface area contributed by atoms with Gasteiger partial charge in [-0.2, -0.15) is 0 Å². The molecule has 1 aliphatic carbocycles. The van der Waals surface area contributed by atoms with Crippen molar-refractivity contribution in [2.24, 2.45) is 0 Å². The number of nitrogens with zero attached hydrogens (tertiary/aromatic N) is 1. The van der Waals surface area contributed by atoms with Crippen LogP contribution in [0.25, 0.3) is 0 Å². The number of carboxylic acid groups (broad SMARTS) is 1. The van der Waals surface area contributed by atoms with Crippen molar-refractivity contribution < 1.29 is 19.5 Å². The van der Waals surface area contributed by atoms with E-state index in [9.17, 15) is 19.5 Å². The van der Waals surface area contributed by atoms with E-state index in [1.54, 1.807) is 0 Å². The summed E-state index contributed by atoms with van der Waals surface area (Å²) in [5, 5.41) is 12.4. The minimum atomic E-state index is -1.10. The molecule has 2 heterocycles. The van der Waals surface area contributed by atoms with Crippen molar-refractivity contribution in [1.29, 1.82) is 0 Å². The quantitative estimate of drug-likeness (QED) is 0.615. The first-order valence-electron chi connectivity index (χ1n) is 11.1. The number of aliphatic carboxylic acids is 1. The van der Waals surface area contributed by atoms with E-state index in [1.807, 2.05) is 42.5 Å². The van der Waals surface area contributed by atoms with Crippen LogP contribution in [-0.2, 0) is 33.6 Å². The summed E-state index contributed by atoms with van der Waals surface area (Å²) in [5.41, 5.74) is 3.56. The van der Waals surface area contributed by atoms with E-state index in [0.717, 1.165) is 29.7 Å². The summed E-state index contributed by atoms with van der Waals surface area (Å²) in [5.74, 6) is -1.21. The molecule has 0 spiro atoms. The van der Waals surface area contributed by atoms with Crippen molar-refractivity contribution in [2.45, 2.75) is 48.4 Å². The predicted molar refractivity (Wildman–Crippen MR) is 129 cm³/mol. The predicted octanol–water partition coefficient (Wildman–Crippen LogP) is 3.60. The Morgan fingerprint density at radius 1 is 1.09 bits per heavy atom. The number of rotatable bonds is 6. The molecule has 2 aliphatic heterocycles. The largest absolute Gasteiger partial charge is 0.477 e. The average molecular weight is 481 g/mol. The highest BCUT2D eigenvalue weighted by Gasteiger charge is 2.54. The van der Waals surface area contributed by atoms with E-state index < -0.39 is 17.4 Å². The van der Waals surface area contributed by atoms with Crippen LogP contribution in [0.15, 0.2) is 64.0 Å². The van der Waals surface area contributed by atoms with Crippen LogP contribution in [0.4, 0.5) is 0 Å². The van der Waals surface area contributed by atoms with Gasteiger partial charge in [0.15, 0.2) is 0 Å². The molecule has 170 valence electrons. The number of fused-ring (bicyclic) bond motifs is 2. The fraction of sp³-hybridized carbons (Fsp3) is 0.320. The van der Waals surface area contributed by atoms with Crippen molar-refractivity contribution >= 4 is 41.3 Å². The summed E-state index contributed by atoms with van der Waals surface area (Å²) in [6.45, 7) is 0. The standard InChI is InChI=1S/C25H24N2O4S2/c28-20(13-15-7-2-1-3-8-15)26-21-23(29)27-22(25(30)31)19(14-32-24(21)27)33-18-12-6-10-16-9-4-5-11-17(16)18/h1-3,6-8,10,12,21,24H,4-5,9,11,13-14H2,(H,26,28)(H,30,31)/t21-,24+/m1/s1. The zero-order valence-electron chi connectivity index (χ0n) is 18.0. The highest BCUT2D eigenvalue weighted by molar-refractivity contribution is 8.06. The Balaban J connectivity index is 1.33. The fourth-order valence-corrected chi connectivity index (χ4v) is 7.33. The van der Waals surface area contributed by atoms with E-state index in [0.29, 0.717) is 10.7 Å². The molecule has 0 aromatic heterocycles. The summed E-state index contributed by atoms with van der Waals surface area (Å²) in [6, 6.07) is 14.9. The van der Waals surface area contributed by atoms with Gasteiger partial charge in [-0.15, -0.1) is 11.8 Å². The molecule has 0 radical (unpaired) electrons. The van der Waals surface area contributed by atoms with E-state index >= 15 is 0 Å². The molecule has 1 saturated heterocycles. The second-order valence-electron chi connectivity index (χ2n) is 8.40. The number of benzene rings is 2. The molecular formula is C25H24N2O4S2. The minimum Gasteiger partial charge on any atom is -0.477 e. The van der Waals surface area contributed by atoms with Gasteiger partial charge in [0, 0.05) is 15.6 Å². The molecule has 2 aromatic carbocycles. The van der Waals surface area contributed by atoms with Crippen molar-refractivity contribution in [3.8, 4) is 0 Å². The van der Waals surface area contributed by atoms with Gasteiger partial charge in [-0.3, -0.25) is 14.5 Å². The molecule has 33 heavy (non-hydrogen) atoms. The van der Waals surface area contributed by atoms with Crippen LogP contribution in [0.3, 0.4) is 0 Å². The van der Waals surface area contributed by atoms with Crippen LogP contribution in [-0.4, -0.2) is 45.0 Å². The van der Waals surface area contributed by atoms with Gasteiger partial charge in [0.1, 0.15) is 17.1 Å². The zero-order valence-corrected chi connectivity index (χ0v) is 19.6. The molecular weight excluding hydrogens is 456 g/mol. The molecule has 3 aliphatic rings. The first kappa shape index (κ1) is 22.1. The van der Waals surface area contributed by atoms with Crippen LogP contribution in [0.5, 0.6) is 0 Å². The van der Waals surface area contributed by atoms with Crippen LogP contribution in [0, 0.1) is 0 Å². The number of carboxylic acids is 1. The topological polar surface area (TPSA) is 86.7 Å². The summed E-state index contributed by atoms with van der Waals surface area (Å²) in [6.07, 6.45) is 4.56. The number of hydrogen-bond acceptors (Lipinski definition) is 5. The van der Waals surface area contributed by atoms with Crippen LogP contribution in [0.1, 0.15) is 29.5 Å². The van der Waals surface area contributed by atoms with Gasteiger partial charge in [-0.25, -0.2) is 4.79 Å². The number of nitrogens with one attached hydrogen (secondary N) is 1. The third-order valence-corrected chi connectivity index (χ3v) is 8.90. The van der Waals surface area contributed by atoms with E-state index in [2.05, 4.69) is 11.4 Å². The van der Waals surface area contributed by atoms with Gasteiger partial charge < -0.3 is 10.4 Å². The first-order chi connectivity index (χ1) is 16.0. The molecule has 2 N–H and O–H groups in total.